The molecule has 42 heavy (non-hydrogen) atoms. The van der Waals surface area contributed by atoms with E-state index in [-0.39, 0.29) is 35.2 Å². The number of rotatable bonds is 11. The molecule has 2 amide bonds. The minimum absolute atomic E-state index is 0.0639. The minimum Gasteiger partial charge on any atom is -0.344 e. The molecule has 2 aromatic heterocycles. The Morgan fingerprint density at radius 3 is 2.45 bits per heavy atom. The molecule has 4 aromatic rings. The molecule has 0 bridgehead atoms. The van der Waals surface area contributed by atoms with E-state index in [2.05, 4.69) is 15.2 Å². The van der Waals surface area contributed by atoms with E-state index in [0.717, 1.165) is 55.0 Å². The van der Waals surface area contributed by atoms with Crippen LogP contribution in [-0.4, -0.2) is 77.9 Å². The summed E-state index contributed by atoms with van der Waals surface area (Å²) >= 11 is 1.50. The number of likely N-dealkylation sites (tertiary alicyclic amines) is 1. The summed E-state index contributed by atoms with van der Waals surface area (Å²) in [5.74, 6) is -0.115. The SMILES string of the molecule is CCN(C(=O)Cc1ccc(S(C)(=O)=O)cc1)C1CCN(CC[C@H](NC(=O)c2cn3ccsc3n2)c2ccccc2)CC1. The molecule has 0 unspecified atom stereocenters. The van der Waals surface area contributed by atoms with E-state index in [1.54, 1.807) is 30.5 Å². The number of amides is 2. The molecule has 5 rings (SSSR count). The smallest absolute Gasteiger partial charge is 0.272 e. The highest BCUT2D eigenvalue weighted by molar-refractivity contribution is 7.90. The Labute approximate surface area is 251 Å². The molecule has 1 saturated heterocycles. The van der Waals surface area contributed by atoms with E-state index in [1.807, 2.05) is 58.1 Å². The normalized spacial score (nSPS) is 15.5. The number of carbonyl (C=O) groups excluding carboxylic acids is 2. The van der Waals surface area contributed by atoms with Gasteiger partial charge >= 0.3 is 0 Å². The average Bonchev–Trinajstić information content (AvgIpc) is 3.60. The van der Waals surface area contributed by atoms with Gasteiger partial charge in [-0.1, -0.05) is 42.5 Å². The van der Waals surface area contributed by atoms with Crippen LogP contribution in [-0.2, 0) is 21.1 Å². The van der Waals surface area contributed by atoms with Crippen molar-refractivity contribution in [3.63, 3.8) is 0 Å². The van der Waals surface area contributed by atoms with Gasteiger partial charge in [0, 0.05) is 56.3 Å². The summed E-state index contributed by atoms with van der Waals surface area (Å²) in [7, 11) is -3.26. The van der Waals surface area contributed by atoms with Crippen molar-refractivity contribution in [2.45, 2.75) is 49.6 Å². The van der Waals surface area contributed by atoms with Gasteiger partial charge in [-0.2, -0.15) is 0 Å². The summed E-state index contributed by atoms with van der Waals surface area (Å²) in [4.78, 5) is 36.2. The fraction of sp³-hybridized carbons (Fsp3) is 0.387. The van der Waals surface area contributed by atoms with E-state index in [4.69, 9.17) is 0 Å². The average molecular weight is 608 g/mol. The molecule has 1 aliphatic rings. The van der Waals surface area contributed by atoms with Gasteiger partial charge in [-0.05, 0) is 49.4 Å². The molecule has 0 radical (unpaired) electrons. The van der Waals surface area contributed by atoms with Crippen LogP contribution in [0.25, 0.3) is 4.96 Å². The number of piperidine rings is 1. The molecular formula is C31H37N5O4S2. The Bertz CT molecular complexity index is 1580. The number of aromatic nitrogens is 2. The van der Waals surface area contributed by atoms with Crippen LogP contribution in [0.1, 0.15) is 53.8 Å². The highest BCUT2D eigenvalue weighted by Gasteiger charge is 2.28. The standard InChI is InChI=1S/C31H37N5O4S2/c1-3-36(29(37)21-23-9-11-26(12-10-23)42(2,39)40)25-13-16-34(17-14-25)18-15-27(24-7-5-4-6-8-24)32-30(38)28-22-35-19-20-41-31(35)33-28/h4-12,19-20,22,25,27H,3,13-18,21H2,1-2H3,(H,32,38)/t27-/m0/s1. The summed E-state index contributed by atoms with van der Waals surface area (Å²) in [5.41, 5.74) is 2.29. The Balaban J connectivity index is 1.15. The number of nitrogens with one attached hydrogen (secondary N) is 1. The fourth-order valence-corrected chi connectivity index (χ4v) is 6.94. The molecule has 1 aliphatic heterocycles. The van der Waals surface area contributed by atoms with Crippen molar-refractivity contribution in [3.8, 4) is 0 Å². The zero-order chi connectivity index (χ0) is 29.7. The molecule has 1 atom stereocenters. The zero-order valence-electron chi connectivity index (χ0n) is 24.0. The van der Waals surface area contributed by atoms with Crippen LogP contribution in [0, 0.1) is 0 Å². The van der Waals surface area contributed by atoms with E-state index >= 15 is 0 Å². The number of hydrogen-bond acceptors (Lipinski definition) is 7. The van der Waals surface area contributed by atoms with Gasteiger partial charge in [0.2, 0.25) is 5.91 Å². The number of imidazole rings is 1. The molecule has 0 saturated carbocycles. The number of thiazole rings is 1. The molecule has 1 fully saturated rings. The number of hydrogen-bond donors (Lipinski definition) is 1. The molecule has 1 N–H and O–H groups in total. The first-order chi connectivity index (χ1) is 20.2. The Kier molecular flexibility index (Phi) is 9.40. The third kappa shape index (κ3) is 7.26. The fourth-order valence-electron chi connectivity index (χ4n) is 5.61. The summed E-state index contributed by atoms with van der Waals surface area (Å²) in [6.45, 7) is 5.24. The van der Waals surface area contributed by atoms with Gasteiger partial charge in [-0.3, -0.25) is 14.0 Å². The van der Waals surface area contributed by atoms with Crippen LogP contribution in [0.4, 0.5) is 0 Å². The summed E-state index contributed by atoms with van der Waals surface area (Å²) in [5, 5.41) is 5.14. The largest absolute Gasteiger partial charge is 0.344 e. The zero-order valence-corrected chi connectivity index (χ0v) is 25.6. The van der Waals surface area contributed by atoms with Crippen LogP contribution in [0.15, 0.2) is 77.3 Å². The lowest BCUT2D eigenvalue weighted by atomic mass is 9.99. The molecule has 0 aliphatic carbocycles. The minimum atomic E-state index is -3.26. The monoisotopic (exact) mass is 607 g/mol. The van der Waals surface area contributed by atoms with Crippen LogP contribution in [0.2, 0.25) is 0 Å². The van der Waals surface area contributed by atoms with Crippen molar-refractivity contribution in [2.24, 2.45) is 0 Å². The van der Waals surface area contributed by atoms with Gasteiger partial charge < -0.3 is 15.1 Å². The molecule has 9 nitrogen and oxygen atoms in total. The summed E-state index contributed by atoms with van der Waals surface area (Å²) in [6.07, 6.45) is 7.64. The lowest BCUT2D eigenvalue weighted by Gasteiger charge is -2.38. The molecule has 0 spiro atoms. The second-order valence-electron chi connectivity index (χ2n) is 10.8. The molecule has 2 aromatic carbocycles. The van der Waals surface area contributed by atoms with Crippen LogP contribution < -0.4 is 5.32 Å². The predicted molar refractivity (Wildman–Crippen MR) is 164 cm³/mol. The van der Waals surface area contributed by atoms with Crippen molar-refractivity contribution in [2.75, 3.05) is 32.4 Å². The van der Waals surface area contributed by atoms with Crippen molar-refractivity contribution in [1.82, 2.24) is 24.5 Å². The number of carbonyl (C=O) groups is 2. The van der Waals surface area contributed by atoms with E-state index in [1.165, 1.54) is 17.6 Å². The van der Waals surface area contributed by atoms with E-state index in [9.17, 15) is 18.0 Å². The summed E-state index contributed by atoms with van der Waals surface area (Å²) < 4.78 is 25.3. The van der Waals surface area contributed by atoms with Crippen LogP contribution >= 0.6 is 11.3 Å². The van der Waals surface area contributed by atoms with Gasteiger partial charge in [0.15, 0.2) is 14.8 Å². The highest BCUT2D eigenvalue weighted by atomic mass is 32.2. The Morgan fingerprint density at radius 1 is 1.10 bits per heavy atom. The van der Waals surface area contributed by atoms with Gasteiger partial charge in [-0.25, -0.2) is 13.4 Å². The quantitative estimate of drug-likeness (QED) is 0.274. The van der Waals surface area contributed by atoms with Crippen LogP contribution in [0.5, 0.6) is 0 Å². The molecule has 11 heteroatoms. The third-order valence-electron chi connectivity index (χ3n) is 7.93. The topological polar surface area (TPSA) is 104 Å². The van der Waals surface area contributed by atoms with E-state index in [0.29, 0.717) is 12.2 Å². The lowest BCUT2D eigenvalue weighted by molar-refractivity contribution is -0.133. The number of likely N-dealkylation sites (N-methyl/N-ethyl adjacent to an activating group) is 1. The Morgan fingerprint density at radius 2 is 1.81 bits per heavy atom. The number of nitrogens with zero attached hydrogens (tertiary/aromatic N) is 4. The van der Waals surface area contributed by atoms with Crippen molar-refractivity contribution in [3.05, 3.63) is 89.2 Å². The van der Waals surface area contributed by atoms with Gasteiger partial charge in [-0.15, -0.1) is 11.3 Å². The highest BCUT2D eigenvalue weighted by Crippen LogP contribution is 2.23. The first kappa shape index (κ1) is 29.9. The third-order valence-corrected chi connectivity index (χ3v) is 9.83. The number of benzene rings is 2. The maximum Gasteiger partial charge on any atom is 0.272 e. The van der Waals surface area contributed by atoms with Gasteiger partial charge in [0.25, 0.3) is 5.91 Å². The molecule has 3 heterocycles. The van der Waals surface area contributed by atoms with Crippen LogP contribution in [0.3, 0.4) is 0 Å². The van der Waals surface area contributed by atoms with Gasteiger partial charge in [0.1, 0.15) is 5.69 Å². The molecule has 222 valence electrons. The van der Waals surface area contributed by atoms with Crippen molar-refractivity contribution >= 4 is 37.9 Å². The van der Waals surface area contributed by atoms with Crippen molar-refractivity contribution in [1.29, 1.82) is 0 Å². The number of sulfone groups is 1. The maximum absolute atomic E-state index is 13.2. The van der Waals surface area contributed by atoms with E-state index < -0.39 is 9.84 Å². The Hall–Kier alpha value is -3.54. The van der Waals surface area contributed by atoms with Crippen molar-refractivity contribution < 1.29 is 18.0 Å². The summed E-state index contributed by atoms with van der Waals surface area (Å²) in [6, 6.07) is 16.7. The first-order valence-electron chi connectivity index (χ1n) is 14.3. The second kappa shape index (κ2) is 13.2. The predicted octanol–water partition coefficient (Wildman–Crippen LogP) is 4.22. The lowest BCUT2D eigenvalue weighted by Crippen LogP contribution is -2.48. The maximum atomic E-state index is 13.2. The number of fused-ring (bicyclic) bond motifs is 1. The first-order valence-corrected chi connectivity index (χ1v) is 17.1. The second-order valence-corrected chi connectivity index (χ2v) is 13.7. The van der Waals surface area contributed by atoms with Gasteiger partial charge in [0.05, 0.1) is 17.4 Å². The molecular weight excluding hydrogens is 571 g/mol.